The number of Topliss-reactive ketones (excluding diaryl/α,β-unsaturated/α-hetero) is 1. The van der Waals surface area contributed by atoms with E-state index < -0.39 is 16.8 Å². The van der Waals surface area contributed by atoms with Crippen LogP contribution in [0.15, 0.2) is 54.1 Å². The standard InChI is InChI=1S/C18H18O3/c1-17-9-10-18(2,16(17)20)14(15(19)21-3)11-13(17)12-7-5-4-6-8-12/h4-11,13H,1-3H3. The second-order valence-corrected chi connectivity index (χ2v) is 6.11. The van der Waals surface area contributed by atoms with Crippen LogP contribution in [0.4, 0.5) is 0 Å². The predicted octanol–water partition coefficient (Wildman–Crippen LogP) is 3.03. The third-order valence-electron chi connectivity index (χ3n) is 4.83. The van der Waals surface area contributed by atoms with Crippen LogP contribution in [0.25, 0.3) is 0 Å². The van der Waals surface area contributed by atoms with E-state index in [1.54, 1.807) is 6.92 Å². The molecule has 108 valence electrons. The Bertz CT molecular complexity index is 671. The molecule has 21 heavy (non-hydrogen) atoms. The Morgan fingerprint density at radius 3 is 2.43 bits per heavy atom. The number of hydrogen-bond acceptors (Lipinski definition) is 3. The first kappa shape index (κ1) is 13.8. The Morgan fingerprint density at radius 2 is 1.81 bits per heavy atom. The van der Waals surface area contributed by atoms with Crippen LogP contribution in [-0.4, -0.2) is 18.9 Å². The van der Waals surface area contributed by atoms with Gasteiger partial charge in [0.15, 0.2) is 5.78 Å². The summed E-state index contributed by atoms with van der Waals surface area (Å²) in [5.74, 6) is -0.515. The maximum Gasteiger partial charge on any atom is 0.334 e. The highest BCUT2D eigenvalue weighted by atomic mass is 16.5. The summed E-state index contributed by atoms with van der Waals surface area (Å²) in [5.41, 5.74) is -0.000710. The lowest BCUT2D eigenvalue weighted by molar-refractivity contribution is -0.141. The van der Waals surface area contributed by atoms with Gasteiger partial charge in [0.25, 0.3) is 0 Å². The number of hydrogen-bond donors (Lipinski definition) is 0. The summed E-state index contributed by atoms with van der Waals surface area (Å²) >= 11 is 0. The Morgan fingerprint density at radius 1 is 1.14 bits per heavy atom. The van der Waals surface area contributed by atoms with Crippen molar-refractivity contribution in [1.29, 1.82) is 0 Å². The van der Waals surface area contributed by atoms with E-state index >= 15 is 0 Å². The molecule has 0 N–H and O–H groups in total. The lowest BCUT2D eigenvalue weighted by atomic mass is 9.61. The minimum absolute atomic E-state index is 0.0618. The number of allylic oxidation sites excluding steroid dienone is 3. The number of ketones is 1. The summed E-state index contributed by atoms with van der Waals surface area (Å²) in [7, 11) is 1.35. The Balaban J connectivity index is 2.21. The van der Waals surface area contributed by atoms with E-state index in [4.69, 9.17) is 4.74 Å². The zero-order chi connectivity index (χ0) is 15.3. The molecular weight excluding hydrogens is 264 g/mol. The van der Waals surface area contributed by atoms with Crippen LogP contribution >= 0.6 is 0 Å². The highest BCUT2D eigenvalue weighted by molar-refractivity contribution is 6.08. The lowest BCUT2D eigenvalue weighted by Crippen LogP contribution is -2.43. The summed E-state index contributed by atoms with van der Waals surface area (Å²) in [6.07, 6.45) is 5.70. The van der Waals surface area contributed by atoms with Gasteiger partial charge in [-0.05, 0) is 19.4 Å². The van der Waals surface area contributed by atoms with E-state index in [-0.39, 0.29) is 11.7 Å². The van der Waals surface area contributed by atoms with Crippen LogP contribution < -0.4 is 0 Å². The zero-order valence-electron chi connectivity index (χ0n) is 12.4. The van der Waals surface area contributed by atoms with Gasteiger partial charge in [-0.3, -0.25) is 4.79 Å². The summed E-state index contributed by atoms with van der Waals surface area (Å²) < 4.78 is 4.88. The van der Waals surface area contributed by atoms with Crippen molar-refractivity contribution < 1.29 is 14.3 Å². The zero-order valence-corrected chi connectivity index (χ0v) is 12.4. The number of esters is 1. The molecule has 0 aliphatic heterocycles. The van der Waals surface area contributed by atoms with Crippen molar-refractivity contribution in [1.82, 2.24) is 0 Å². The van der Waals surface area contributed by atoms with Gasteiger partial charge < -0.3 is 4.74 Å². The largest absolute Gasteiger partial charge is 0.466 e. The van der Waals surface area contributed by atoms with E-state index in [1.165, 1.54) is 7.11 Å². The summed E-state index contributed by atoms with van der Waals surface area (Å²) in [5, 5.41) is 0. The van der Waals surface area contributed by atoms with E-state index in [1.807, 2.05) is 55.5 Å². The molecule has 0 spiro atoms. The molecule has 0 radical (unpaired) electrons. The molecule has 0 heterocycles. The first-order valence-electron chi connectivity index (χ1n) is 7.04. The monoisotopic (exact) mass is 282 g/mol. The maximum absolute atomic E-state index is 12.9. The van der Waals surface area contributed by atoms with Gasteiger partial charge in [-0.15, -0.1) is 0 Å². The molecule has 0 aromatic heterocycles. The third kappa shape index (κ3) is 1.73. The second-order valence-electron chi connectivity index (χ2n) is 6.11. The molecule has 0 saturated heterocycles. The fourth-order valence-corrected chi connectivity index (χ4v) is 3.51. The molecule has 3 heteroatoms. The van der Waals surface area contributed by atoms with Crippen molar-refractivity contribution in [3.8, 4) is 0 Å². The summed E-state index contributed by atoms with van der Waals surface area (Å²) in [6.45, 7) is 3.74. The topological polar surface area (TPSA) is 43.4 Å². The van der Waals surface area contributed by atoms with E-state index in [9.17, 15) is 9.59 Å². The molecule has 1 aromatic carbocycles. The van der Waals surface area contributed by atoms with Gasteiger partial charge in [-0.1, -0.05) is 48.6 Å². The first-order valence-corrected chi connectivity index (χ1v) is 7.04. The minimum atomic E-state index is -0.868. The SMILES string of the molecule is COC(=O)C1=CC(c2ccccc2)C2(C)C=CC1(C)C2=O. The van der Waals surface area contributed by atoms with Crippen molar-refractivity contribution >= 4 is 11.8 Å². The van der Waals surface area contributed by atoms with Gasteiger partial charge in [0.1, 0.15) is 0 Å². The van der Waals surface area contributed by atoms with Crippen LogP contribution in [0.5, 0.6) is 0 Å². The minimum Gasteiger partial charge on any atom is -0.466 e. The first-order chi connectivity index (χ1) is 9.93. The fourth-order valence-electron chi connectivity index (χ4n) is 3.51. The van der Waals surface area contributed by atoms with Gasteiger partial charge in [0, 0.05) is 5.92 Å². The smallest absolute Gasteiger partial charge is 0.334 e. The number of ether oxygens (including phenoxy) is 1. The Kier molecular flexibility index (Phi) is 2.90. The average molecular weight is 282 g/mol. The van der Waals surface area contributed by atoms with Crippen molar-refractivity contribution in [2.75, 3.05) is 7.11 Å². The number of benzene rings is 1. The highest BCUT2D eigenvalue weighted by Crippen LogP contribution is 2.56. The average Bonchev–Trinajstić information content (AvgIpc) is 2.67. The quantitative estimate of drug-likeness (QED) is 0.618. The van der Waals surface area contributed by atoms with Crippen molar-refractivity contribution in [3.05, 3.63) is 59.7 Å². The molecule has 3 atom stereocenters. The summed E-state index contributed by atoms with van der Waals surface area (Å²) in [4.78, 5) is 25.0. The second kappa shape index (κ2) is 4.42. The molecule has 1 aromatic rings. The Hall–Kier alpha value is -2.16. The molecule has 3 rings (SSSR count). The lowest BCUT2D eigenvalue weighted by Gasteiger charge is -2.39. The molecule has 2 bridgehead atoms. The molecule has 0 saturated carbocycles. The summed E-state index contributed by atoms with van der Waals surface area (Å²) in [6, 6.07) is 9.81. The van der Waals surface area contributed by atoms with Crippen LogP contribution in [0, 0.1) is 10.8 Å². The molecule has 0 amide bonds. The number of methoxy groups -OCH3 is 1. The van der Waals surface area contributed by atoms with E-state index in [0.29, 0.717) is 5.57 Å². The van der Waals surface area contributed by atoms with Gasteiger partial charge in [0.05, 0.1) is 23.5 Å². The van der Waals surface area contributed by atoms with E-state index in [0.717, 1.165) is 5.56 Å². The number of fused-ring (bicyclic) bond motifs is 2. The van der Waals surface area contributed by atoms with Crippen LogP contribution in [0.2, 0.25) is 0 Å². The van der Waals surface area contributed by atoms with Crippen LogP contribution in [-0.2, 0) is 14.3 Å². The molecule has 2 aliphatic rings. The van der Waals surface area contributed by atoms with Gasteiger partial charge in [0.2, 0.25) is 0 Å². The maximum atomic E-state index is 12.9. The highest BCUT2D eigenvalue weighted by Gasteiger charge is 2.57. The van der Waals surface area contributed by atoms with Gasteiger partial charge >= 0.3 is 5.97 Å². The molecular formula is C18H18O3. The van der Waals surface area contributed by atoms with Crippen molar-refractivity contribution in [3.63, 3.8) is 0 Å². The van der Waals surface area contributed by atoms with Gasteiger partial charge in [-0.2, -0.15) is 0 Å². The molecule has 3 nitrogen and oxygen atoms in total. The van der Waals surface area contributed by atoms with Crippen LogP contribution in [0.3, 0.4) is 0 Å². The molecule has 2 aliphatic carbocycles. The molecule has 0 fully saturated rings. The Labute approximate surface area is 124 Å². The molecule has 3 unspecified atom stereocenters. The predicted molar refractivity (Wildman–Crippen MR) is 79.6 cm³/mol. The van der Waals surface area contributed by atoms with Crippen molar-refractivity contribution in [2.24, 2.45) is 10.8 Å². The third-order valence-corrected chi connectivity index (χ3v) is 4.83. The number of carbonyl (C=O) groups excluding carboxylic acids is 2. The fraction of sp³-hybridized carbons (Fsp3) is 0.333. The number of carbonyl (C=O) groups is 2. The van der Waals surface area contributed by atoms with Crippen molar-refractivity contribution in [2.45, 2.75) is 19.8 Å². The number of rotatable bonds is 2. The van der Waals surface area contributed by atoms with Gasteiger partial charge in [-0.25, -0.2) is 4.79 Å². The normalized spacial score (nSPS) is 33.8. The van der Waals surface area contributed by atoms with E-state index in [2.05, 4.69) is 0 Å². The van der Waals surface area contributed by atoms with Crippen LogP contribution in [0.1, 0.15) is 25.3 Å².